The number of carbonyl (C=O) groups is 2. The molecule has 0 heterocycles. The van der Waals surface area contributed by atoms with Gasteiger partial charge in [0.1, 0.15) is 0 Å². The van der Waals surface area contributed by atoms with E-state index in [2.05, 4.69) is 5.32 Å². The quantitative estimate of drug-likeness (QED) is 0.693. The molecule has 0 saturated carbocycles. The van der Waals surface area contributed by atoms with Crippen LogP contribution in [-0.4, -0.2) is 53.4 Å². The van der Waals surface area contributed by atoms with Crippen LogP contribution in [0.4, 0.5) is 4.79 Å². The number of nitrogens with zero attached hydrogens (tertiary/aromatic N) is 1. The Balaban J connectivity index is 2.52. The lowest BCUT2D eigenvalue weighted by molar-refractivity contribution is 0.0695. The van der Waals surface area contributed by atoms with Gasteiger partial charge in [0.25, 0.3) is 0 Å². The molecule has 3 N–H and O–H groups in total. The van der Waals surface area contributed by atoms with Crippen molar-refractivity contribution in [1.29, 1.82) is 0 Å². The second kappa shape index (κ2) is 8.16. The zero-order chi connectivity index (χ0) is 15.0. The van der Waals surface area contributed by atoms with Crippen LogP contribution >= 0.6 is 0 Å². The largest absolute Gasteiger partial charge is 0.478 e. The van der Waals surface area contributed by atoms with Crippen molar-refractivity contribution in [2.24, 2.45) is 0 Å². The Hall–Kier alpha value is -2.08. The molecule has 0 bridgehead atoms. The van der Waals surface area contributed by atoms with Crippen LogP contribution in [0.15, 0.2) is 24.3 Å². The fraction of sp³-hybridized carbons (Fsp3) is 0.429. The summed E-state index contributed by atoms with van der Waals surface area (Å²) in [4.78, 5) is 24.3. The molecule has 1 aromatic carbocycles. The van der Waals surface area contributed by atoms with Gasteiger partial charge in [0.05, 0.1) is 12.2 Å². The molecule has 2 amide bonds. The number of nitrogens with one attached hydrogen (secondary N) is 1. The fourth-order valence-corrected chi connectivity index (χ4v) is 1.89. The van der Waals surface area contributed by atoms with Crippen LogP contribution in [0.5, 0.6) is 0 Å². The number of hydrogen-bond donors (Lipinski definition) is 3. The summed E-state index contributed by atoms with van der Waals surface area (Å²) < 4.78 is 0. The van der Waals surface area contributed by atoms with Gasteiger partial charge in [-0.05, 0) is 25.0 Å². The van der Waals surface area contributed by atoms with Crippen molar-refractivity contribution in [3.63, 3.8) is 0 Å². The Kier molecular flexibility index (Phi) is 6.52. The van der Waals surface area contributed by atoms with Crippen LogP contribution in [-0.2, 0) is 6.42 Å². The lowest BCUT2D eigenvalue weighted by Gasteiger charge is -2.20. The molecule has 6 nitrogen and oxygen atoms in total. The van der Waals surface area contributed by atoms with E-state index in [0.29, 0.717) is 25.1 Å². The number of likely N-dealkylation sites (N-methyl/N-ethyl adjacent to an activating group) is 1. The van der Waals surface area contributed by atoms with Gasteiger partial charge in [0.2, 0.25) is 0 Å². The van der Waals surface area contributed by atoms with Crippen LogP contribution in [0.3, 0.4) is 0 Å². The number of carboxylic acid groups (broad SMARTS) is 1. The van der Waals surface area contributed by atoms with Crippen LogP contribution < -0.4 is 5.32 Å². The second-order valence-electron chi connectivity index (χ2n) is 4.25. The number of carbonyl (C=O) groups excluding carboxylic acids is 1. The lowest BCUT2D eigenvalue weighted by Crippen LogP contribution is -2.42. The van der Waals surface area contributed by atoms with E-state index < -0.39 is 5.97 Å². The van der Waals surface area contributed by atoms with Crippen molar-refractivity contribution in [2.45, 2.75) is 13.3 Å². The molecule has 1 rings (SSSR count). The summed E-state index contributed by atoms with van der Waals surface area (Å²) in [6.07, 6.45) is 0.449. The maximum Gasteiger partial charge on any atom is 0.335 e. The number of carboxylic acids is 1. The van der Waals surface area contributed by atoms with Gasteiger partial charge in [-0.3, -0.25) is 0 Å². The first-order valence-corrected chi connectivity index (χ1v) is 6.55. The molecule has 0 radical (unpaired) electrons. The molecule has 20 heavy (non-hydrogen) atoms. The summed E-state index contributed by atoms with van der Waals surface area (Å²) in [7, 11) is 0. The maximum absolute atomic E-state index is 11.8. The Bertz CT molecular complexity index is 462. The Morgan fingerprint density at radius 1 is 1.30 bits per heavy atom. The zero-order valence-corrected chi connectivity index (χ0v) is 11.5. The fourth-order valence-electron chi connectivity index (χ4n) is 1.89. The van der Waals surface area contributed by atoms with E-state index in [4.69, 9.17) is 10.2 Å². The highest BCUT2D eigenvalue weighted by Crippen LogP contribution is 2.09. The van der Waals surface area contributed by atoms with Gasteiger partial charge in [-0.15, -0.1) is 0 Å². The number of hydrogen-bond acceptors (Lipinski definition) is 3. The van der Waals surface area contributed by atoms with E-state index in [9.17, 15) is 9.59 Å². The molecule has 6 heteroatoms. The number of aromatic carboxylic acids is 1. The van der Waals surface area contributed by atoms with Gasteiger partial charge in [0.15, 0.2) is 0 Å². The maximum atomic E-state index is 11.8. The molecule has 0 saturated heterocycles. The molecular formula is C14H20N2O4. The molecule has 0 fully saturated rings. The second-order valence-corrected chi connectivity index (χ2v) is 4.25. The van der Waals surface area contributed by atoms with Gasteiger partial charge in [-0.25, -0.2) is 9.59 Å². The molecule has 0 aliphatic heterocycles. The molecule has 0 atom stereocenters. The summed E-state index contributed by atoms with van der Waals surface area (Å²) in [6.45, 7) is 2.90. The molecule has 1 aromatic rings. The number of urea groups is 1. The van der Waals surface area contributed by atoms with Gasteiger partial charge in [-0.1, -0.05) is 18.2 Å². The summed E-state index contributed by atoms with van der Waals surface area (Å²) in [6, 6.07) is 6.47. The molecule has 0 aliphatic rings. The first-order chi connectivity index (χ1) is 9.60. The SMILES string of the molecule is CCN(CCO)C(=O)NCCc1ccccc1C(=O)O. The molecule has 0 aromatic heterocycles. The molecule has 0 unspecified atom stereocenters. The smallest absolute Gasteiger partial charge is 0.335 e. The number of benzene rings is 1. The Morgan fingerprint density at radius 2 is 2.00 bits per heavy atom. The number of amides is 2. The third kappa shape index (κ3) is 4.55. The van der Waals surface area contributed by atoms with Crippen molar-refractivity contribution < 1.29 is 19.8 Å². The van der Waals surface area contributed by atoms with E-state index in [0.717, 1.165) is 0 Å². The van der Waals surface area contributed by atoms with Gasteiger partial charge < -0.3 is 20.4 Å². The van der Waals surface area contributed by atoms with E-state index >= 15 is 0 Å². The average Bonchev–Trinajstić information content (AvgIpc) is 2.44. The Morgan fingerprint density at radius 3 is 2.60 bits per heavy atom. The summed E-state index contributed by atoms with van der Waals surface area (Å²) in [5, 5.41) is 20.6. The average molecular weight is 280 g/mol. The molecule has 0 aliphatic carbocycles. The van der Waals surface area contributed by atoms with Crippen LogP contribution in [0.1, 0.15) is 22.8 Å². The summed E-state index contributed by atoms with van der Waals surface area (Å²) in [5.74, 6) is -0.970. The standard InChI is InChI=1S/C14H20N2O4/c1-2-16(9-10-17)14(20)15-8-7-11-5-3-4-6-12(11)13(18)19/h3-6,17H,2,7-10H2,1H3,(H,15,20)(H,18,19). The summed E-state index contributed by atoms with van der Waals surface area (Å²) >= 11 is 0. The highest BCUT2D eigenvalue weighted by atomic mass is 16.4. The lowest BCUT2D eigenvalue weighted by atomic mass is 10.0. The van der Waals surface area contributed by atoms with Gasteiger partial charge in [-0.2, -0.15) is 0 Å². The molecule has 110 valence electrons. The van der Waals surface area contributed by atoms with E-state index in [1.165, 1.54) is 4.90 Å². The zero-order valence-electron chi connectivity index (χ0n) is 11.5. The topological polar surface area (TPSA) is 89.9 Å². The van der Waals surface area contributed by atoms with Crippen LogP contribution in [0.25, 0.3) is 0 Å². The first-order valence-electron chi connectivity index (χ1n) is 6.55. The number of aliphatic hydroxyl groups excluding tert-OH is 1. The predicted octanol–water partition coefficient (Wildman–Crippen LogP) is 0.951. The van der Waals surface area contributed by atoms with Crippen molar-refractivity contribution in [2.75, 3.05) is 26.2 Å². The first kappa shape index (κ1) is 16.0. The van der Waals surface area contributed by atoms with Crippen molar-refractivity contribution in [1.82, 2.24) is 10.2 Å². The highest BCUT2D eigenvalue weighted by molar-refractivity contribution is 5.89. The molecular weight excluding hydrogens is 260 g/mol. The van der Waals surface area contributed by atoms with E-state index in [1.807, 2.05) is 6.92 Å². The minimum absolute atomic E-state index is 0.0803. The normalized spacial score (nSPS) is 10.1. The van der Waals surface area contributed by atoms with Crippen LogP contribution in [0.2, 0.25) is 0 Å². The molecule has 0 spiro atoms. The highest BCUT2D eigenvalue weighted by Gasteiger charge is 2.11. The van der Waals surface area contributed by atoms with E-state index in [1.54, 1.807) is 24.3 Å². The minimum Gasteiger partial charge on any atom is -0.478 e. The van der Waals surface area contributed by atoms with Crippen LogP contribution in [0, 0.1) is 0 Å². The monoisotopic (exact) mass is 280 g/mol. The predicted molar refractivity (Wildman–Crippen MR) is 74.8 cm³/mol. The number of rotatable bonds is 7. The van der Waals surface area contributed by atoms with Crippen molar-refractivity contribution in [3.05, 3.63) is 35.4 Å². The van der Waals surface area contributed by atoms with E-state index in [-0.39, 0.29) is 24.7 Å². The van der Waals surface area contributed by atoms with Gasteiger partial charge in [0, 0.05) is 19.6 Å². The van der Waals surface area contributed by atoms with Gasteiger partial charge >= 0.3 is 12.0 Å². The van der Waals surface area contributed by atoms with Crippen molar-refractivity contribution >= 4 is 12.0 Å². The minimum atomic E-state index is -0.970. The third-order valence-corrected chi connectivity index (χ3v) is 2.96. The Labute approximate surface area is 118 Å². The third-order valence-electron chi connectivity index (χ3n) is 2.96. The van der Waals surface area contributed by atoms with Crippen molar-refractivity contribution in [3.8, 4) is 0 Å². The number of aliphatic hydroxyl groups is 1. The summed E-state index contributed by atoms with van der Waals surface area (Å²) in [5.41, 5.74) is 0.940.